The highest BCUT2D eigenvalue weighted by Crippen LogP contribution is 2.17. The highest BCUT2D eigenvalue weighted by molar-refractivity contribution is 7.09. The molecular formula is C20H19FN2O2S. The summed E-state index contributed by atoms with van der Waals surface area (Å²) in [6.07, 6.45) is 0. The molecule has 1 amide bonds. The lowest BCUT2D eigenvalue weighted by atomic mass is 10.1. The van der Waals surface area contributed by atoms with E-state index in [2.05, 4.69) is 10.3 Å². The molecule has 3 aromatic rings. The van der Waals surface area contributed by atoms with Crippen LogP contribution in [-0.2, 0) is 6.61 Å². The van der Waals surface area contributed by atoms with Gasteiger partial charge in [0.15, 0.2) is 0 Å². The van der Waals surface area contributed by atoms with Crippen molar-refractivity contribution in [3.8, 4) is 5.75 Å². The van der Waals surface area contributed by atoms with Gasteiger partial charge in [-0.3, -0.25) is 4.79 Å². The van der Waals surface area contributed by atoms with E-state index in [4.69, 9.17) is 4.74 Å². The van der Waals surface area contributed by atoms with Crippen LogP contribution in [0, 0.1) is 12.7 Å². The minimum atomic E-state index is -0.296. The number of carbonyl (C=O) groups excluding carboxylic acids is 1. The van der Waals surface area contributed by atoms with Crippen LogP contribution in [0.2, 0.25) is 0 Å². The number of rotatable bonds is 6. The van der Waals surface area contributed by atoms with Crippen LogP contribution >= 0.6 is 11.3 Å². The molecule has 2 aromatic carbocycles. The van der Waals surface area contributed by atoms with Crippen molar-refractivity contribution in [2.75, 3.05) is 0 Å². The standard InChI is InChI=1S/C20H19FN2O2S/c1-13(15-3-7-17(21)8-4-15)22-20(24)16-5-9-19(10-6-16)25-11-18-12-26-14(2)23-18/h3-10,12-13H,11H2,1-2H3,(H,22,24). The minimum Gasteiger partial charge on any atom is -0.487 e. The van der Waals surface area contributed by atoms with Gasteiger partial charge in [0.1, 0.15) is 18.2 Å². The quantitative estimate of drug-likeness (QED) is 0.686. The second kappa shape index (κ2) is 8.10. The van der Waals surface area contributed by atoms with E-state index in [1.165, 1.54) is 12.1 Å². The predicted octanol–water partition coefficient (Wildman–Crippen LogP) is 4.66. The molecule has 0 saturated heterocycles. The molecule has 26 heavy (non-hydrogen) atoms. The smallest absolute Gasteiger partial charge is 0.251 e. The van der Waals surface area contributed by atoms with E-state index in [1.807, 2.05) is 19.2 Å². The zero-order valence-electron chi connectivity index (χ0n) is 14.5. The SMILES string of the molecule is Cc1nc(COc2ccc(C(=O)NC(C)c3ccc(F)cc3)cc2)cs1. The van der Waals surface area contributed by atoms with E-state index >= 15 is 0 Å². The third kappa shape index (κ3) is 4.67. The molecule has 0 bridgehead atoms. The number of thiazole rings is 1. The van der Waals surface area contributed by atoms with Gasteiger partial charge >= 0.3 is 0 Å². The van der Waals surface area contributed by atoms with Crippen molar-refractivity contribution in [1.29, 1.82) is 0 Å². The molecule has 1 N–H and O–H groups in total. The Hall–Kier alpha value is -2.73. The Morgan fingerprint density at radius 2 is 1.88 bits per heavy atom. The minimum absolute atomic E-state index is 0.191. The number of aryl methyl sites for hydroxylation is 1. The molecule has 0 saturated carbocycles. The van der Waals surface area contributed by atoms with Crippen molar-refractivity contribution in [2.45, 2.75) is 26.5 Å². The lowest BCUT2D eigenvalue weighted by Gasteiger charge is -2.14. The first-order valence-corrected chi connectivity index (χ1v) is 9.09. The number of aromatic nitrogens is 1. The van der Waals surface area contributed by atoms with Crippen molar-refractivity contribution in [1.82, 2.24) is 10.3 Å². The lowest BCUT2D eigenvalue weighted by molar-refractivity contribution is 0.0940. The maximum absolute atomic E-state index is 13.0. The molecule has 134 valence electrons. The maximum Gasteiger partial charge on any atom is 0.251 e. The predicted molar refractivity (Wildman–Crippen MR) is 99.9 cm³/mol. The van der Waals surface area contributed by atoms with Gasteiger partial charge in [0.25, 0.3) is 5.91 Å². The van der Waals surface area contributed by atoms with E-state index in [9.17, 15) is 9.18 Å². The summed E-state index contributed by atoms with van der Waals surface area (Å²) in [7, 11) is 0. The summed E-state index contributed by atoms with van der Waals surface area (Å²) in [6.45, 7) is 4.21. The number of benzene rings is 2. The molecule has 3 rings (SSSR count). The summed E-state index contributed by atoms with van der Waals surface area (Å²) in [6, 6.07) is 12.8. The largest absolute Gasteiger partial charge is 0.487 e. The number of halogens is 1. The number of hydrogen-bond donors (Lipinski definition) is 1. The first kappa shape index (κ1) is 18.1. The maximum atomic E-state index is 13.0. The van der Waals surface area contributed by atoms with Crippen LogP contribution in [0.5, 0.6) is 5.75 Å². The number of nitrogens with one attached hydrogen (secondary N) is 1. The van der Waals surface area contributed by atoms with Crippen molar-refractivity contribution in [3.63, 3.8) is 0 Å². The second-order valence-electron chi connectivity index (χ2n) is 5.92. The average molecular weight is 370 g/mol. The van der Waals surface area contributed by atoms with Crippen LogP contribution in [0.1, 0.15) is 39.6 Å². The molecular weight excluding hydrogens is 351 g/mol. The van der Waals surface area contributed by atoms with Gasteiger partial charge in [-0.2, -0.15) is 0 Å². The van der Waals surface area contributed by atoms with Crippen LogP contribution in [-0.4, -0.2) is 10.9 Å². The summed E-state index contributed by atoms with van der Waals surface area (Å²) in [5.74, 6) is 0.193. The Labute approximate surface area is 155 Å². The summed E-state index contributed by atoms with van der Waals surface area (Å²) in [5.41, 5.74) is 2.27. The summed E-state index contributed by atoms with van der Waals surface area (Å²) < 4.78 is 18.7. The van der Waals surface area contributed by atoms with Gasteiger partial charge in [-0.15, -0.1) is 11.3 Å². The Morgan fingerprint density at radius 1 is 1.19 bits per heavy atom. The van der Waals surface area contributed by atoms with Crippen LogP contribution in [0.25, 0.3) is 0 Å². The number of nitrogens with zero attached hydrogens (tertiary/aromatic N) is 1. The fourth-order valence-corrected chi connectivity index (χ4v) is 3.05. The Kier molecular flexibility index (Phi) is 5.63. The normalized spacial score (nSPS) is 11.8. The summed E-state index contributed by atoms with van der Waals surface area (Å²) in [5, 5.41) is 5.87. The molecule has 1 unspecified atom stereocenters. The molecule has 0 aliphatic rings. The van der Waals surface area contributed by atoms with Crippen molar-refractivity contribution >= 4 is 17.2 Å². The molecule has 0 aliphatic heterocycles. The molecule has 0 radical (unpaired) electrons. The Balaban J connectivity index is 1.57. The number of amides is 1. The van der Waals surface area contributed by atoms with Crippen LogP contribution < -0.4 is 10.1 Å². The lowest BCUT2D eigenvalue weighted by Crippen LogP contribution is -2.26. The molecule has 4 nitrogen and oxygen atoms in total. The van der Waals surface area contributed by atoms with Gasteiger partial charge in [0.2, 0.25) is 0 Å². The average Bonchev–Trinajstić information content (AvgIpc) is 3.06. The van der Waals surface area contributed by atoms with Crippen molar-refractivity contribution < 1.29 is 13.9 Å². The molecule has 1 atom stereocenters. The second-order valence-corrected chi connectivity index (χ2v) is 6.98. The van der Waals surface area contributed by atoms with Crippen LogP contribution in [0.4, 0.5) is 4.39 Å². The van der Waals surface area contributed by atoms with Gasteiger partial charge in [-0.25, -0.2) is 9.37 Å². The zero-order valence-corrected chi connectivity index (χ0v) is 15.3. The van der Waals surface area contributed by atoms with Gasteiger partial charge in [-0.05, 0) is 55.8 Å². The fraction of sp³-hybridized carbons (Fsp3) is 0.200. The van der Waals surface area contributed by atoms with Gasteiger partial charge < -0.3 is 10.1 Å². The first-order valence-electron chi connectivity index (χ1n) is 8.21. The monoisotopic (exact) mass is 370 g/mol. The van der Waals surface area contributed by atoms with E-state index in [0.717, 1.165) is 16.3 Å². The third-order valence-electron chi connectivity index (χ3n) is 3.89. The molecule has 1 aromatic heterocycles. The number of carbonyl (C=O) groups is 1. The Morgan fingerprint density at radius 3 is 2.50 bits per heavy atom. The van der Waals surface area contributed by atoms with E-state index in [0.29, 0.717) is 17.9 Å². The van der Waals surface area contributed by atoms with E-state index < -0.39 is 0 Å². The molecule has 6 heteroatoms. The van der Waals surface area contributed by atoms with Crippen LogP contribution in [0.3, 0.4) is 0 Å². The zero-order chi connectivity index (χ0) is 18.5. The fourth-order valence-electron chi connectivity index (χ4n) is 2.45. The van der Waals surface area contributed by atoms with E-state index in [1.54, 1.807) is 47.7 Å². The third-order valence-corrected chi connectivity index (χ3v) is 4.71. The topological polar surface area (TPSA) is 51.2 Å². The molecule has 0 aliphatic carbocycles. The highest BCUT2D eigenvalue weighted by Gasteiger charge is 2.12. The summed E-state index contributed by atoms with van der Waals surface area (Å²) in [4.78, 5) is 16.7. The van der Waals surface area contributed by atoms with Gasteiger partial charge in [0, 0.05) is 10.9 Å². The van der Waals surface area contributed by atoms with Crippen LogP contribution in [0.15, 0.2) is 53.9 Å². The van der Waals surface area contributed by atoms with Crippen molar-refractivity contribution in [3.05, 3.63) is 81.6 Å². The van der Waals surface area contributed by atoms with Gasteiger partial charge in [0.05, 0.1) is 16.7 Å². The number of hydrogen-bond acceptors (Lipinski definition) is 4. The highest BCUT2D eigenvalue weighted by atomic mass is 32.1. The molecule has 0 fully saturated rings. The molecule has 0 spiro atoms. The summed E-state index contributed by atoms with van der Waals surface area (Å²) >= 11 is 1.59. The first-order chi connectivity index (χ1) is 12.5. The Bertz CT molecular complexity index is 876. The number of ether oxygens (including phenoxy) is 1. The van der Waals surface area contributed by atoms with E-state index in [-0.39, 0.29) is 17.8 Å². The van der Waals surface area contributed by atoms with Gasteiger partial charge in [-0.1, -0.05) is 12.1 Å². The van der Waals surface area contributed by atoms with Crippen molar-refractivity contribution in [2.24, 2.45) is 0 Å². The molecule has 1 heterocycles.